The fourth-order valence-electron chi connectivity index (χ4n) is 4.47. The first-order valence-electron chi connectivity index (χ1n) is 11.4. The van der Waals surface area contributed by atoms with E-state index in [1.807, 2.05) is 54.1 Å². The maximum atomic E-state index is 13.2. The van der Waals surface area contributed by atoms with Gasteiger partial charge in [0.05, 0.1) is 16.6 Å². The van der Waals surface area contributed by atoms with Crippen molar-refractivity contribution in [3.63, 3.8) is 0 Å². The van der Waals surface area contributed by atoms with Gasteiger partial charge in [-0.3, -0.25) is 25.0 Å². The van der Waals surface area contributed by atoms with Crippen LogP contribution in [0, 0.1) is 0 Å². The van der Waals surface area contributed by atoms with Gasteiger partial charge in [-0.05, 0) is 56.9 Å². The van der Waals surface area contributed by atoms with Crippen LogP contribution in [0.25, 0.3) is 16.6 Å². The molecule has 0 bridgehead atoms. The van der Waals surface area contributed by atoms with Crippen LogP contribution in [0.5, 0.6) is 0 Å². The molecule has 5 rings (SSSR count). The Morgan fingerprint density at radius 2 is 1.76 bits per heavy atom. The molecule has 0 saturated heterocycles. The van der Waals surface area contributed by atoms with Gasteiger partial charge in [-0.25, -0.2) is 9.67 Å². The summed E-state index contributed by atoms with van der Waals surface area (Å²) in [6.45, 7) is 2.29. The Balaban J connectivity index is 1.48. The van der Waals surface area contributed by atoms with Crippen molar-refractivity contribution >= 4 is 22.8 Å². The first kappa shape index (κ1) is 20.9. The molecule has 4 aromatic rings. The number of fused-ring (bicyclic) bond motifs is 2. The molecule has 168 valence electrons. The highest BCUT2D eigenvalue weighted by Gasteiger charge is 2.25. The lowest BCUT2D eigenvalue weighted by molar-refractivity contribution is 0.0955. The number of amides is 1. The maximum Gasteiger partial charge on any atom is 0.290 e. The van der Waals surface area contributed by atoms with Gasteiger partial charge in [-0.15, -0.1) is 0 Å². The van der Waals surface area contributed by atoms with Crippen LogP contribution in [-0.2, 0) is 19.4 Å². The number of carbonyl (C=O) groups excluding carboxylic acids is 1. The highest BCUT2D eigenvalue weighted by atomic mass is 16.2. The van der Waals surface area contributed by atoms with E-state index in [9.17, 15) is 9.59 Å². The Kier molecular flexibility index (Phi) is 5.64. The second-order valence-corrected chi connectivity index (χ2v) is 8.16. The molecule has 2 aromatic heterocycles. The average molecular weight is 443 g/mol. The lowest BCUT2D eigenvalue weighted by atomic mass is 10.1. The quantitative estimate of drug-likeness (QED) is 0.364. The summed E-state index contributed by atoms with van der Waals surface area (Å²) in [4.78, 5) is 30.6. The second kappa shape index (κ2) is 8.90. The molecule has 0 saturated carbocycles. The number of anilines is 1. The molecule has 2 aromatic carbocycles. The number of aromatic nitrogens is 4. The molecule has 1 aliphatic carbocycles. The number of nitrogens with one attached hydrogen (secondary N) is 2. The van der Waals surface area contributed by atoms with Gasteiger partial charge in [0.25, 0.3) is 11.5 Å². The summed E-state index contributed by atoms with van der Waals surface area (Å²) in [5.74, 6) is -0.0453. The van der Waals surface area contributed by atoms with Crippen LogP contribution in [0.3, 0.4) is 0 Å². The van der Waals surface area contributed by atoms with Gasteiger partial charge in [0.1, 0.15) is 0 Å². The number of hydrogen-bond acceptors (Lipinski definition) is 5. The van der Waals surface area contributed by atoms with E-state index in [0.29, 0.717) is 29.1 Å². The number of hydrazine groups is 1. The van der Waals surface area contributed by atoms with E-state index in [1.165, 1.54) is 4.57 Å². The molecule has 1 aliphatic rings. The summed E-state index contributed by atoms with van der Waals surface area (Å²) in [7, 11) is 0. The predicted octanol–water partition coefficient (Wildman–Crippen LogP) is 3.63. The van der Waals surface area contributed by atoms with Crippen molar-refractivity contribution in [2.45, 2.75) is 45.6 Å². The molecular formula is C25H26N6O2. The van der Waals surface area contributed by atoms with E-state index in [4.69, 9.17) is 5.10 Å². The zero-order valence-electron chi connectivity index (χ0n) is 18.5. The number of carbonyl (C=O) groups is 1. The Hall–Kier alpha value is -3.94. The van der Waals surface area contributed by atoms with Crippen LogP contribution in [0.2, 0.25) is 0 Å². The van der Waals surface area contributed by atoms with Crippen molar-refractivity contribution in [3.05, 3.63) is 81.9 Å². The van der Waals surface area contributed by atoms with Gasteiger partial charge in [-0.2, -0.15) is 5.10 Å². The van der Waals surface area contributed by atoms with Crippen LogP contribution in [0.4, 0.5) is 5.95 Å². The van der Waals surface area contributed by atoms with Crippen LogP contribution in [-0.4, -0.2) is 25.2 Å². The summed E-state index contributed by atoms with van der Waals surface area (Å²) >= 11 is 0. The third-order valence-corrected chi connectivity index (χ3v) is 6.11. The van der Waals surface area contributed by atoms with Gasteiger partial charge in [0.15, 0.2) is 5.69 Å². The summed E-state index contributed by atoms with van der Waals surface area (Å²) in [6, 6.07) is 17.1. The SMILES string of the molecule is CCn1c(NNC(=O)c2nn(-c3ccccc3)c3c2CCCCC3)nc2ccccc2c1=O. The average Bonchev–Trinajstić information content (AvgIpc) is 3.04. The molecule has 0 radical (unpaired) electrons. The topological polar surface area (TPSA) is 93.8 Å². The first-order chi connectivity index (χ1) is 16.2. The van der Waals surface area contributed by atoms with Gasteiger partial charge < -0.3 is 0 Å². The fourth-order valence-corrected chi connectivity index (χ4v) is 4.47. The van der Waals surface area contributed by atoms with E-state index >= 15 is 0 Å². The molecule has 33 heavy (non-hydrogen) atoms. The lowest BCUT2D eigenvalue weighted by Gasteiger charge is -2.13. The third kappa shape index (κ3) is 3.88. The normalized spacial score (nSPS) is 13.4. The van der Waals surface area contributed by atoms with Crippen LogP contribution in [0.15, 0.2) is 59.4 Å². The van der Waals surface area contributed by atoms with Gasteiger partial charge >= 0.3 is 0 Å². The number of rotatable bonds is 5. The van der Waals surface area contributed by atoms with Crippen LogP contribution in [0.1, 0.15) is 47.9 Å². The molecule has 1 amide bonds. The molecule has 8 nitrogen and oxygen atoms in total. The van der Waals surface area contributed by atoms with E-state index in [-0.39, 0.29) is 11.5 Å². The highest BCUT2D eigenvalue weighted by molar-refractivity contribution is 5.94. The zero-order valence-corrected chi connectivity index (χ0v) is 18.5. The molecule has 0 atom stereocenters. The smallest absolute Gasteiger partial charge is 0.277 e. The minimum atomic E-state index is -0.340. The standard InChI is InChI=1S/C25H26N6O2/c1-2-30-24(33)18-13-9-10-15-20(18)26-25(30)28-27-23(32)22-19-14-7-4-8-16-21(19)31(29-22)17-11-5-3-6-12-17/h3,5-6,9-13,15H,2,4,7-8,14,16H2,1H3,(H,26,28)(H,27,32). The fraction of sp³-hybridized carbons (Fsp3) is 0.280. The largest absolute Gasteiger partial charge is 0.290 e. The van der Waals surface area contributed by atoms with Crippen LogP contribution >= 0.6 is 0 Å². The predicted molar refractivity (Wildman–Crippen MR) is 128 cm³/mol. The van der Waals surface area contributed by atoms with E-state index in [0.717, 1.165) is 49.0 Å². The molecule has 0 fully saturated rings. The Labute approximate surface area is 191 Å². The summed E-state index contributed by atoms with van der Waals surface area (Å²) in [6.07, 6.45) is 4.95. The minimum absolute atomic E-state index is 0.151. The monoisotopic (exact) mass is 442 g/mol. The van der Waals surface area contributed by atoms with E-state index < -0.39 is 0 Å². The van der Waals surface area contributed by atoms with Gasteiger partial charge in [-0.1, -0.05) is 36.8 Å². The molecule has 2 N–H and O–H groups in total. The molecule has 0 spiro atoms. The highest BCUT2D eigenvalue weighted by Crippen LogP contribution is 2.26. The number of nitrogens with zero attached hydrogens (tertiary/aromatic N) is 4. The van der Waals surface area contributed by atoms with Gasteiger partial charge in [0, 0.05) is 17.8 Å². The summed E-state index contributed by atoms with van der Waals surface area (Å²) in [5, 5.41) is 5.25. The second-order valence-electron chi connectivity index (χ2n) is 8.16. The van der Waals surface area contributed by atoms with Crippen molar-refractivity contribution in [2.24, 2.45) is 0 Å². The van der Waals surface area contributed by atoms with Crippen molar-refractivity contribution in [1.82, 2.24) is 24.8 Å². The lowest BCUT2D eigenvalue weighted by Crippen LogP contribution is -2.35. The van der Waals surface area contributed by atoms with Crippen molar-refractivity contribution < 1.29 is 4.79 Å². The van der Waals surface area contributed by atoms with Crippen molar-refractivity contribution in [1.29, 1.82) is 0 Å². The third-order valence-electron chi connectivity index (χ3n) is 6.11. The number of benzene rings is 2. The molecule has 0 aliphatic heterocycles. The van der Waals surface area contributed by atoms with E-state index in [2.05, 4.69) is 15.8 Å². The van der Waals surface area contributed by atoms with E-state index in [1.54, 1.807) is 12.1 Å². The molecular weight excluding hydrogens is 416 g/mol. The Morgan fingerprint density at radius 3 is 2.58 bits per heavy atom. The minimum Gasteiger partial charge on any atom is -0.277 e. The zero-order chi connectivity index (χ0) is 22.8. The summed E-state index contributed by atoms with van der Waals surface area (Å²) in [5.41, 5.74) is 9.47. The molecule has 0 unspecified atom stereocenters. The van der Waals surface area contributed by atoms with Crippen LogP contribution < -0.4 is 16.4 Å². The number of hydrogen-bond donors (Lipinski definition) is 2. The molecule has 8 heteroatoms. The summed E-state index contributed by atoms with van der Waals surface area (Å²) < 4.78 is 3.40. The maximum absolute atomic E-state index is 13.2. The van der Waals surface area contributed by atoms with Crippen molar-refractivity contribution in [2.75, 3.05) is 5.43 Å². The molecule has 2 heterocycles. The first-order valence-corrected chi connectivity index (χ1v) is 11.4. The Bertz CT molecular complexity index is 1370. The van der Waals surface area contributed by atoms with Gasteiger partial charge in [0.2, 0.25) is 5.95 Å². The van der Waals surface area contributed by atoms with Crippen molar-refractivity contribution in [3.8, 4) is 5.69 Å². The number of para-hydroxylation sites is 2. The Morgan fingerprint density at radius 1 is 1.00 bits per heavy atom.